The molecule has 0 unspecified atom stereocenters. The van der Waals surface area contributed by atoms with E-state index < -0.39 is 4.92 Å². The van der Waals surface area contributed by atoms with Crippen molar-refractivity contribution >= 4 is 29.0 Å². The van der Waals surface area contributed by atoms with Crippen LogP contribution in [0.15, 0.2) is 48.7 Å². The summed E-state index contributed by atoms with van der Waals surface area (Å²) in [4.78, 5) is 14.6. The van der Waals surface area contributed by atoms with Crippen molar-refractivity contribution in [1.82, 2.24) is 4.98 Å². The van der Waals surface area contributed by atoms with Crippen molar-refractivity contribution in [1.29, 1.82) is 0 Å². The molecule has 2 aromatic carbocycles. The van der Waals surface area contributed by atoms with Gasteiger partial charge in [-0.3, -0.25) is 15.1 Å². The third kappa shape index (κ3) is 3.72. The van der Waals surface area contributed by atoms with E-state index in [-0.39, 0.29) is 18.1 Å². The van der Waals surface area contributed by atoms with Gasteiger partial charge in [0.1, 0.15) is 11.5 Å². The van der Waals surface area contributed by atoms with E-state index in [0.29, 0.717) is 28.5 Å². The molecule has 1 aromatic heterocycles. The van der Waals surface area contributed by atoms with Crippen LogP contribution >= 0.6 is 12.4 Å². The largest absolute Gasteiger partial charge is 0.493 e. The average molecular weight is 363 g/mol. The zero-order chi connectivity index (χ0) is 17.1. The third-order valence-corrected chi connectivity index (χ3v) is 3.48. The maximum atomic E-state index is 10.7. The number of benzene rings is 2. The fourth-order valence-corrected chi connectivity index (χ4v) is 2.30. The molecule has 0 amide bonds. The number of nitro benzene ring substituents is 1. The molecule has 0 aliphatic heterocycles. The van der Waals surface area contributed by atoms with Gasteiger partial charge in [0.2, 0.25) is 0 Å². The number of non-ortho nitro benzene ring substituents is 1. The fourth-order valence-electron chi connectivity index (χ4n) is 2.30. The second-order valence-corrected chi connectivity index (χ2v) is 4.89. The minimum absolute atomic E-state index is 0. The second kappa shape index (κ2) is 7.67. The van der Waals surface area contributed by atoms with Crippen LogP contribution in [0.1, 0.15) is 0 Å². The van der Waals surface area contributed by atoms with Crippen LogP contribution in [0.3, 0.4) is 0 Å². The molecule has 0 saturated carbocycles. The van der Waals surface area contributed by atoms with E-state index in [1.807, 2.05) is 0 Å². The Kier molecular flexibility index (Phi) is 5.61. The highest BCUT2D eigenvalue weighted by atomic mass is 35.5. The van der Waals surface area contributed by atoms with Crippen LogP contribution in [0, 0.1) is 10.1 Å². The minimum atomic E-state index is -0.456. The standard InChI is InChI=1S/C17H14N2O5.ClH/c1-22-16-9-13-14(10-17(16)23-2)18-8-7-15(13)24-12-5-3-11(4-6-12)19(20)21;/h3-10H,1-2H3;1H. The maximum absolute atomic E-state index is 10.7. The second-order valence-electron chi connectivity index (χ2n) is 4.89. The lowest BCUT2D eigenvalue weighted by molar-refractivity contribution is -0.384. The molecule has 0 spiro atoms. The number of fused-ring (bicyclic) bond motifs is 1. The topological polar surface area (TPSA) is 83.7 Å². The Bertz CT molecular complexity index is 899. The molecule has 0 radical (unpaired) electrons. The lowest BCUT2D eigenvalue weighted by Gasteiger charge is -2.12. The molecular weight excluding hydrogens is 348 g/mol. The van der Waals surface area contributed by atoms with Gasteiger partial charge in [-0.05, 0) is 24.3 Å². The summed E-state index contributed by atoms with van der Waals surface area (Å²) in [5, 5.41) is 11.5. The molecule has 25 heavy (non-hydrogen) atoms. The van der Waals surface area contributed by atoms with Crippen molar-refractivity contribution in [2.75, 3.05) is 14.2 Å². The van der Waals surface area contributed by atoms with Gasteiger partial charge in [0.05, 0.1) is 24.7 Å². The van der Waals surface area contributed by atoms with E-state index in [1.54, 1.807) is 50.7 Å². The Hall–Kier alpha value is -3.06. The third-order valence-electron chi connectivity index (χ3n) is 3.48. The minimum Gasteiger partial charge on any atom is -0.493 e. The lowest BCUT2D eigenvalue weighted by atomic mass is 10.2. The van der Waals surface area contributed by atoms with Gasteiger partial charge in [0.25, 0.3) is 5.69 Å². The number of methoxy groups -OCH3 is 2. The van der Waals surface area contributed by atoms with Gasteiger partial charge in [-0.25, -0.2) is 0 Å². The fraction of sp³-hybridized carbons (Fsp3) is 0.118. The van der Waals surface area contributed by atoms with E-state index in [0.717, 1.165) is 5.39 Å². The lowest BCUT2D eigenvalue weighted by Crippen LogP contribution is -1.93. The highest BCUT2D eigenvalue weighted by molar-refractivity contribution is 5.88. The summed E-state index contributed by atoms with van der Waals surface area (Å²) in [6.45, 7) is 0. The number of aromatic nitrogens is 1. The predicted octanol–water partition coefficient (Wildman–Crippen LogP) is 4.37. The van der Waals surface area contributed by atoms with Gasteiger partial charge < -0.3 is 14.2 Å². The van der Waals surface area contributed by atoms with Crippen molar-refractivity contribution in [2.45, 2.75) is 0 Å². The van der Waals surface area contributed by atoms with E-state index in [2.05, 4.69) is 4.98 Å². The zero-order valence-corrected chi connectivity index (χ0v) is 14.3. The summed E-state index contributed by atoms with van der Waals surface area (Å²) in [6.07, 6.45) is 1.62. The van der Waals surface area contributed by atoms with Crippen LogP contribution < -0.4 is 14.2 Å². The first-order chi connectivity index (χ1) is 11.6. The summed E-state index contributed by atoms with van der Waals surface area (Å²) < 4.78 is 16.4. The van der Waals surface area contributed by atoms with Gasteiger partial charge in [-0.15, -0.1) is 12.4 Å². The number of ether oxygens (including phenoxy) is 3. The molecule has 0 atom stereocenters. The molecule has 8 heteroatoms. The maximum Gasteiger partial charge on any atom is 0.269 e. The molecule has 130 valence electrons. The molecule has 0 aliphatic carbocycles. The van der Waals surface area contributed by atoms with Gasteiger partial charge in [0.15, 0.2) is 11.5 Å². The van der Waals surface area contributed by atoms with Gasteiger partial charge in [-0.2, -0.15) is 0 Å². The SMILES string of the molecule is COc1cc2nccc(Oc3ccc([N+](=O)[O-])cc3)c2cc1OC.Cl. The molecule has 0 saturated heterocycles. The molecule has 3 rings (SSSR count). The van der Waals surface area contributed by atoms with Crippen molar-refractivity contribution in [3.8, 4) is 23.0 Å². The Morgan fingerprint density at radius 1 is 0.960 bits per heavy atom. The van der Waals surface area contributed by atoms with Gasteiger partial charge in [-0.1, -0.05) is 0 Å². The monoisotopic (exact) mass is 362 g/mol. The van der Waals surface area contributed by atoms with Gasteiger partial charge in [0, 0.05) is 29.8 Å². The van der Waals surface area contributed by atoms with E-state index in [1.165, 1.54) is 12.1 Å². The number of halogens is 1. The molecule has 0 aliphatic rings. The van der Waals surface area contributed by atoms with Crippen molar-refractivity contribution in [3.05, 3.63) is 58.8 Å². The van der Waals surface area contributed by atoms with Crippen LogP contribution in [0.2, 0.25) is 0 Å². The normalized spacial score (nSPS) is 10.0. The quantitative estimate of drug-likeness (QED) is 0.495. The summed E-state index contributed by atoms with van der Waals surface area (Å²) in [7, 11) is 3.11. The highest BCUT2D eigenvalue weighted by Crippen LogP contribution is 2.36. The van der Waals surface area contributed by atoms with Crippen LogP contribution in [-0.2, 0) is 0 Å². The first-order valence-corrected chi connectivity index (χ1v) is 7.05. The Balaban J connectivity index is 0.00000225. The predicted molar refractivity (Wildman–Crippen MR) is 95.3 cm³/mol. The molecule has 0 bridgehead atoms. The van der Waals surface area contributed by atoms with Crippen molar-refractivity contribution in [3.63, 3.8) is 0 Å². The molecule has 0 fully saturated rings. The van der Waals surface area contributed by atoms with Crippen LogP contribution in [0.25, 0.3) is 10.9 Å². The van der Waals surface area contributed by atoms with E-state index >= 15 is 0 Å². The Morgan fingerprint density at radius 3 is 2.20 bits per heavy atom. The average Bonchev–Trinajstić information content (AvgIpc) is 2.61. The number of nitrogens with zero attached hydrogens (tertiary/aromatic N) is 2. The van der Waals surface area contributed by atoms with Crippen molar-refractivity contribution in [2.24, 2.45) is 0 Å². The molecule has 1 heterocycles. The number of hydrogen-bond donors (Lipinski definition) is 0. The molecular formula is C17H15ClN2O5. The summed E-state index contributed by atoms with van der Waals surface area (Å²) >= 11 is 0. The van der Waals surface area contributed by atoms with Crippen LogP contribution in [-0.4, -0.2) is 24.1 Å². The summed E-state index contributed by atoms with van der Waals surface area (Å²) in [5.41, 5.74) is 0.695. The van der Waals surface area contributed by atoms with E-state index in [4.69, 9.17) is 14.2 Å². The zero-order valence-electron chi connectivity index (χ0n) is 13.5. The number of pyridine rings is 1. The highest BCUT2D eigenvalue weighted by Gasteiger charge is 2.12. The van der Waals surface area contributed by atoms with E-state index in [9.17, 15) is 10.1 Å². The number of nitro groups is 1. The number of hydrogen-bond acceptors (Lipinski definition) is 6. The summed E-state index contributed by atoms with van der Waals surface area (Å²) in [5.74, 6) is 2.19. The van der Waals surface area contributed by atoms with Crippen molar-refractivity contribution < 1.29 is 19.1 Å². The Morgan fingerprint density at radius 2 is 1.60 bits per heavy atom. The van der Waals surface area contributed by atoms with Crippen LogP contribution in [0.5, 0.6) is 23.0 Å². The molecule has 3 aromatic rings. The number of rotatable bonds is 5. The van der Waals surface area contributed by atoms with Crippen LogP contribution in [0.4, 0.5) is 5.69 Å². The first kappa shape index (κ1) is 18.3. The molecule has 7 nitrogen and oxygen atoms in total. The first-order valence-electron chi connectivity index (χ1n) is 7.05. The smallest absolute Gasteiger partial charge is 0.269 e. The Labute approximate surface area is 149 Å². The van der Waals surface area contributed by atoms with Gasteiger partial charge >= 0.3 is 0 Å². The summed E-state index contributed by atoms with van der Waals surface area (Å²) in [6, 6.07) is 11.1. The molecule has 0 N–H and O–H groups in total.